The molecule has 2 N–H and O–H groups in total. The van der Waals surface area contributed by atoms with Crippen molar-refractivity contribution in [3.05, 3.63) is 26.6 Å². The third kappa shape index (κ3) is 3.47. The number of aromatic hydroxyl groups is 1. The van der Waals surface area contributed by atoms with E-state index in [1.165, 1.54) is 0 Å². The lowest BCUT2D eigenvalue weighted by Crippen LogP contribution is -2.36. The van der Waals surface area contributed by atoms with Gasteiger partial charge in [-0.05, 0) is 69.3 Å². The van der Waals surface area contributed by atoms with Crippen molar-refractivity contribution < 1.29 is 9.84 Å². The van der Waals surface area contributed by atoms with Crippen molar-refractivity contribution in [2.24, 2.45) is 0 Å². The molecule has 2 rings (SSSR count). The highest BCUT2D eigenvalue weighted by atomic mass is 79.9. The van der Waals surface area contributed by atoms with Crippen molar-refractivity contribution in [3.8, 4) is 5.75 Å². The topological polar surface area (TPSA) is 41.5 Å². The molecule has 0 spiro atoms. The Morgan fingerprint density at radius 1 is 1.39 bits per heavy atom. The third-order valence-corrected chi connectivity index (χ3v) is 4.41. The Hall–Kier alpha value is -0.100. The Morgan fingerprint density at radius 2 is 2.06 bits per heavy atom. The standard InChI is InChI=1S/C13H17Br2NO2/c1-13(3-2-4-18-13)8-16-7-9-5-10(14)12(17)11(15)6-9/h5-6,16-17H,2-4,7-8H2,1H3. The lowest BCUT2D eigenvalue weighted by Gasteiger charge is -2.23. The highest BCUT2D eigenvalue weighted by Gasteiger charge is 2.28. The van der Waals surface area contributed by atoms with Gasteiger partial charge < -0.3 is 15.2 Å². The zero-order valence-corrected chi connectivity index (χ0v) is 13.5. The van der Waals surface area contributed by atoms with Crippen LogP contribution in [0, 0.1) is 0 Å². The summed E-state index contributed by atoms with van der Waals surface area (Å²) in [5.41, 5.74) is 1.10. The quantitative estimate of drug-likeness (QED) is 0.841. The van der Waals surface area contributed by atoms with Crippen LogP contribution in [0.15, 0.2) is 21.1 Å². The molecule has 0 amide bonds. The predicted molar refractivity (Wildman–Crippen MR) is 78.8 cm³/mol. The van der Waals surface area contributed by atoms with E-state index >= 15 is 0 Å². The van der Waals surface area contributed by atoms with E-state index in [0.717, 1.165) is 38.1 Å². The minimum absolute atomic E-state index is 0.0224. The summed E-state index contributed by atoms with van der Waals surface area (Å²) in [5, 5.41) is 13.0. The van der Waals surface area contributed by atoms with Gasteiger partial charge in [0.15, 0.2) is 0 Å². The molecule has 0 bridgehead atoms. The molecule has 100 valence electrons. The lowest BCUT2D eigenvalue weighted by molar-refractivity contribution is 0.0207. The van der Waals surface area contributed by atoms with Crippen LogP contribution < -0.4 is 5.32 Å². The fourth-order valence-corrected chi connectivity index (χ4v) is 3.45. The number of halogens is 2. The van der Waals surface area contributed by atoms with E-state index < -0.39 is 0 Å². The minimum Gasteiger partial charge on any atom is -0.506 e. The molecule has 1 heterocycles. The van der Waals surface area contributed by atoms with Gasteiger partial charge in [0.2, 0.25) is 0 Å². The molecule has 5 heteroatoms. The molecule has 0 aromatic heterocycles. The summed E-state index contributed by atoms with van der Waals surface area (Å²) in [6.07, 6.45) is 2.26. The van der Waals surface area contributed by atoms with Crippen LogP contribution in [0.1, 0.15) is 25.3 Å². The van der Waals surface area contributed by atoms with Crippen LogP contribution >= 0.6 is 31.9 Å². The van der Waals surface area contributed by atoms with Crippen molar-refractivity contribution in [1.29, 1.82) is 0 Å². The molecule has 1 aromatic carbocycles. The molecular formula is C13H17Br2NO2. The van der Waals surface area contributed by atoms with Crippen LogP contribution in [0.3, 0.4) is 0 Å². The molecule has 1 fully saturated rings. The summed E-state index contributed by atoms with van der Waals surface area (Å²) in [4.78, 5) is 0. The Kier molecular flexibility index (Phi) is 4.69. The molecule has 1 aliphatic heterocycles. The molecule has 0 radical (unpaired) electrons. The fraction of sp³-hybridized carbons (Fsp3) is 0.538. The predicted octanol–water partition coefficient (Wildman–Crippen LogP) is 3.58. The van der Waals surface area contributed by atoms with Gasteiger partial charge in [-0.25, -0.2) is 0 Å². The second-order valence-corrected chi connectivity index (χ2v) is 6.62. The first kappa shape index (κ1) is 14.3. The number of phenols is 1. The van der Waals surface area contributed by atoms with Gasteiger partial charge in [-0.15, -0.1) is 0 Å². The number of hydrogen-bond donors (Lipinski definition) is 2. The molecule has 3 nitrogen and oxygen atoms in total. The second-order valence-electron chi connectivity index (χ2n) is 4.91. The van der Waals surface area contributed by atoms with Gasteiger partial charge in [0.05, 0.1) is 14.5 Å². The van der Waals surface area contributed by atoms with E-state index in [9.17, 15) is 5.11 Å². The Bertz CT molecular complexity index is 408. The number of nitrogens with one attached hydrogen (secondary N) is 1. The van der Waals surface area contributed by atoms with E-state index in [0.29, 0.717) is 8.95 Å². The molecule has 0 saturated carbocycles. The van der Waals surface area contributed by atoms with E-state index in [1.807, 2.05) is 12.1 Å². The number of ether oxygens (including phenoxy) is 1. The van der Waals surface area contributed by atoms with Crippen molar-refractivity contribution in [2.45, 2.75) is 31.9 Å². The van der Waals surface area contributed by atoms with Gasteiger partial charge in [0, 0.05) is 19.7 Å². The first-order chi connectivity index (χ1) is 8.50. The van der Waals surface area contributed by atoms with Crippen LogP contribution in [-0.4, -0.2) is 23.9 Å². The van der Waals surface area contributed by atoms with Crippen molar-refractivity contribution in [1.82, 2.24) is 5.32 Å². The Balaban J connectivity index is 1.90. The van der Waals surface area contributed by atoms with Crippen LogP contribution in [0.2, 0.25) is 0 Å². The first-order valence-electron chi connectivity index (χ1n) is 6.02. The van der Waals surface area contributed by atoms with Gasteiger partial charge in [0.25, 0.3) is 0 Å². The maximum atomic E-state index is 9.64. The van der Waals surface area contributed by atoms with Crippen LogP contribution in [0.5, 0.6) is 5.75 Å². The Labute approximate surface area is 124 Å². The minimum atomic E-state index is -0.0224. The van der Waals surface area contributed by atoms with Gasteiger partial charge >= 0.3 is 0 Å². The summed E-state index contributed by atoms with van der Waals surface area (Å²) >= 11 is 6.67. The summed E-state index contributed by atoms with van der Waals surface area (Å²) in [7, 11) is 0. The largest absolute Gasteiger partial charge is 0.506 e. The molecular weight excluding hydrogens is 362 g/mol. The monoisotopic (exact) mass is 377 g/mol. The molecule has 1 atom stereocenters. The van der Waals surface area contributed by atoms with Crippen LogP contribution in [0.25, 0.3) is 0 Å². The highest BCUT2D eigenvalue weighted by Crippen LogP contribution is 2.33. The SMILES string of the molecule is CC1(CNCc2cc(Br)c(O)c(Br)c2)CCCO1. The van der Waals surface area contributed by atoms with Gasteiger partial charge in [0.1, 0.15) is 5.75 Å². The fourth-order valence-electron chi connectivity index (χ4n) is 2.17. The van der Waals surface area contributed by atoms with Gasteiger partial charge in [-0.3, -0.25) is 0 Å². The maximum absolute atomic E-state index is 9.64. The maximum Gasteiger partial charge on any atom is 0.143 e. The molecule has 1 aliphatic rings. The lowest BCUT2D eigenvalue weighted by atomic mass is 10.0. The smallest absolute Gasteiger partial charge is 0.143 e. The summed E-state index contributed by atoms with van der Waals surface area (Å²) in [6, 6.07) is 3.84. The number of benzene rings is 1. The van der Waals surface area contributed by atoms with Crippen LogP contribution in [0.4, 0.5) is 0 Å². The van der Waals surface area contributed by atoms with Gasteiger partial charge in [-0.1, -0.05) is 0 Å². The molecule has 1 aromatic rings. The highest BCUT2D eigenvalue weighted by molar-refractivity contribution is 9.11. The van der Waals surface area contributed by atoms with E-state index in [1.54, 1.807) is 0 Å². The summed E-state index contributed by atoms with van der Waals surface area (Å²) < 4.78 is 7.14. The number of phenolic OH excluding ortho intramolecular Hbond substituents is 1. The third-order valence-electron chi connectivity index (χ3n) is 3.21. The average molecular weight is 379 g/mol. The van der Waals surface area contributed by atoms with E-state index in [-0.39, 0.29) is 11.4 Å². The van der Waals surface area contributed by atoms with Crippen molar-refractivity contribution >= 4 is 31.9 Å². The first-order valence-corrected chi connectivity index (χ1v) is 7.60. The van der Waals surface area contributed by atoms with E-state index in [2.05, 4.69) is 44.1 Å². The molecule has 0 aliphatic carbocycles. The Morgan fingerprint density at radius 3 is 2.61 bits per heavy atom. The summed E-state index contributed by atoms with van der Waals surface area (Å²) in [6.45, 7) is 4.63. The number of rotatable bonds is 4. The zero-order valence-electron chi connectivity index (χ0n) is 10.3. The zero-order chi connectivity index (χ0) is 13.2. The van der Waals surface area contributed by atoms with Crippen molar-refractivity contribution in [3.63, 3.8) is 0 Å². The normalized spacial score (nSPS) is 23.5. The van der Waals surface area contributed by atoms with Gasteiger partial charge in [-0.2, -0.15) is 0 Å². The molecule has 18 heavy (non-hydrogen) atoms. The summed E-state index contributed by atoms with van der Waals surface area (Å²) in [5.74, 6) is 0.241. The number of hydrogen-bond acceptors (Lipinski definition) is 3. The second kappa shape index (κ2) is 5.90. The average Bonchev–Trinajstić information content (AvgIpc) is 2.73. The molecule has 1 unspecified atom stereocenters. The van der Waals surface area contributed by atoms with Crippen molar-refractivity contribution in [2.75, 3.05) is 13.2 Å². The van der Waals surface area contributed by atoms with E-state index in [4.69, 9.17) is 4.74 Å². The molecule has 1 saturated heterocycles. The van der Waals surface area contributed by atoms with Crippen LogP contribution in [-0.2, 0) is 11.3 Å².